The molecule has 0 aromatic heterocycles. The summed E-state index contributed by atoms with van der Waals surface area (Å²) in [5, 5.41) is 24.3. The summed E-state index contributed by atoms with van der Waals surface area (Å²) in [5.74, 6) is 0.206. The summed E-state index contributed by atoms with van der Waals surface area (Å²) in [7, 11) is 0. The van der Waals surface area contributed by atoms with Crippen LogP contribution in [0.1, 0.15) is 5.56 Å². The second-order valence-corrected chi connectivity index (χ2v) is 6.03. The van der Waals surface area contributed by atoms with E-state index in [2.05, 4.69) is 18.5 Å². The van der Waals surface area contributed by atoms with Gasteiger partial charge in [0.05, 0.1) is 15.0 Å². The first kappa shape index (κ1) is 21.2. The predicted octanol–water partition coefficient (Wildman–Crippen LogP) is 3.36. The Morgan fingerprint density at radius 1 is 1.36 bits per heavy atom. The number of nitrogens with zero attached hydrogens (tertiary/aromatic N) is 1. The van der Waals surface area contributed by atoms with Gasteiger partial charge in [0.2, 0.25) is 0 Å². The molecule has 0 amide bonds. The molecule has 2 N–H and O–H groups in total. The Labute approximate surface area is 156 Å². The number of halogens is 2. The highest BCUT2D eigenvalue weighted by Gasteiger charge is 2.06. The molecule has 8 heteroatoms. The Morgan fingerprint density at radius 2 is 2.08 bits per heavy atom. The van der Waals surface area contributed by atoms with Crippen LogP contribution >= 0.6 is 23.2 Å². The molecule has 0 aliphatic carbocycles. The van der Waals surface area contributed by atoms with Crippen molar-refractivity contribution in [2.24, 2.45) is 0 Å². The molecule has 0 radical (unpaired) electrons. The molecule has 6 nitrogen and oxygen atoms in total. The van der Waals surface area contributed by atoms with Crippen LogP contribution < -0.4 is 5.32 Å². The molecule has 0 fully saturated rings. The number of aliphatic hydroxyl groups is 1. The third kappa shape index (κ3) is 8.69. The van der Waals surface area contributed by atoms with Crippen molar-refractivity contribution in [1.82, 2.24) is 5.32 Å². The largest absolute Gasteiger partial charge is 0.491 e. The summed E-state index contributed by atoms with van der Waals surface area (Å²) in [6.07, 6.45) is 2.51. The van der Waals surface area contributed by atoms with E-state index in [9.17, 15) is 15.2 Å². The van der Waals surface area contributed by atoms with Crippen molar-refractivity contribution in [3.05, 3.63) is 80.7 Å². The van der Waals surface area contributed by atoms with E-state index in [-0.39, 0.29) is 18.1 Å². The van der Waals surface area contributed by atoms with Crippen LogP contribution in [0.4, 0.5) is 0 Å². The van der Waals surface area contributed by atoms with E-state index >= 15 is 0 Å². The first-order valence-electron chi connectivity index (χ1n) is 7.45. The van der Waals surface area contributed by atoms with Crippen molar-refractivity contribution >= 4 is 23.2 Å². The van der Waals surface area contributed by atoms with Gasteiger partial charge in [0.25, 0.3) is 5.70 Å². The van der Waals surface area contributed by atoms with Crippen molar-refractivity contribution in [3.63, 3.8) is 0 Å². The van der Waals surface area contributed by atoms with Crippen molar-refractivity contribution < 1.29 is 14.8 Å². The fourth-order valence-electron chi connectivity index (χ4n) is 1.76. The quantitative estimate of drug-likeness (QED) is 0.200. The zero-order valence-corrected chi connectivity index (χ0v) is 15.1. The minimum atomic E-state index is -0.738. The molecule has 0 bridgehead atoms. The molecular weight excluding hydrogens is 367 g/mol. The summed E-state index contributed by atoms with van der Waals surface area (Å²) >= 11 is 11.8. The van der Waals surface area contributed by atoms with Gasteiger partial charge in [-0.2, -0.15) is 0 Å². The molecule has 0 spiro atoms. The van der Waals surface area contributed by atoms with E-state index in [4.69, 9.17) is 27.9 Å². The maximum absolute atomic E-state index is 10.4. The van der Waals surface area contributed by atoms with Crippen LogP contribution in [0.5, 0.6) is 0 Å². The molecule has 136 valence electrons. The van der Waals surface area contributed by atoms with Crippen LogP contribution in [0.15, 0.2) is 55.0 Å². The Hall–Kier alpha value is -1.86. The van der Waals surface area contributed by atoms with Crippen LogP contribution in [0, 0.1) is 10.1 Å². The van der Waals surface area contributed by atoms with Crippen molar-refractivity contribution in [2.45, 2.75) is 12.5 Å². The first-order valence-corrected chi connectivity index (χ1v) is 8.21. The zero-order valence-electron chi connectivity index (χ0n) is 13.6. The van der Waals surface area contributed by atoms with Crippen LogP contribution in [0.2, 0.25) is 10.0 Å². The van der Waals surface area contributed by atoms with E-state index in [0.717, 1.165) is 12.0 Å². The number of rotatable bonds is 11. The van der Waals surface area contributed by atoms with Crippen molar-refractivity contribution in [2.75, 3.05) is 19.7 Å². The Kier molecular flexibility index (Phi) is 9.23. The Bertz CT molecular complexity index is 662. The van der Waals surface area contributed by atoms with E-state index in [0.29, 0.717) is 23.1 Å². The molecule has 0 heterocycles. The molecular formula is C17H20Cl2N2O4. The topological polar surface area (TPSA) is 84.6 Å². The average molecular weight is 387 g/mol. The normalized spacial score (nSPS) is 12.1. The van der Waals surface area contributed by atoms with Crippen molar-refractivity contribution in [1.29, 1.82) is 0 Å². The fourth-order valence-corrected chi connectivity index (χ4v) is 2.08. The van der Waals surface area contributed by atoms with Gasteiger partial charge in [0.1, 0.15) is 18.5 Å². The number of aliphatic hydroxyl groups excluding tert-OH is 1. The highest BCUT2D eigenvalue weighted by Crippen LogP contribution is 2.22. The van der Waals surface area contributed by atoms with Gasteiger partial charge in [-0.3, -0.25) is 10.1 Å². The van der Waals surface area contributed by atoms with Crippen LogP contribution in [0.25, 0.3) is 0 Å². The third-order valence-electron chi connectivity index (χ3n) is 3.11. The lowest BCUT2D eigenvalue weighted by Gasteiger charge is -2.13. The minimum Gasteiger partial charge on any atom is -0.491 e. The summed E-state index contributed by atoms with van der Waals surface area (Å²) < 4.78 is 5.21. The summed E-state index contributed by atoms with van der Waals surface area (Å²) in [5.41, 5.74) is 0.770. The first-order chi connectivity index (χ1) is 11.8. The third-order valence-corrected chi connectivity index (χ3v) is 3.85. The summed E-state index contributed by atoms with van der Waals surface area (Å²) in [6.45, 7) is 7.84. The lowest BCUT2D eigenvalue weighted by molar-refractivity contribution is -0.418. The van der Waals surface area contributed by atoms with E-state index in [1.54, 1.807) is 12.1 Å². The number of hydrogen-bond acceptors (Lipinski definition) is 5. The lowest BCUT2D eigenvalue weighted by Crippen LogP contribution is -2.31. The van der Waals surface area contributed by atoms with E-state index in [1.165, 1.54) is 12.2 Å². The molecule has 25 heavy (non-hydrogen) atoms. The molecule has 0 aliphatic heterocycles. The molecule has 0 saturated heterocycles. The maximum atomic E-state index is 10.4. The number of benzene rings is 1. The monoisotopic (exact) mass is 386 g/mol. The van der Waals surface area contributed by atoms with E-state index < -0.39 is 11.0 Å². The standard InChI is InChI=1S/C17H20Cl2N2O4/c1-12(21(23)24)3-4-13(2)25-11-15(22)10-20-8-7-14-5-6-16(18)17(19)9-14/h3-6,9,15,20,22H,1-2,7-8,10-11H2/b4-3-. The smallest absolute Gasteiger partial charge is 0.262 e. The zero-order chi connectivity index (χ0) is 18.8. The highest BCUT2D eigenvalue weighted by molar-refractivity contribution is 6.42. The lowest BCUT2D eigenvalue weighted by atomic mass is 10.1. The van der Waals surface area contributed by atoms with Crippen molar-refractivity contribution in [3.8, 4) is 0 Å². The van der Waals surface area contributed by atoms with Gasteiger partial charge in [-0.15, -0.1) is 0 Å². The second kappa shape index (κ2) is 10.9. The molecule has 1 aromatic rings. The van der Waals surface area contributed by atoms with Gasteiger partial charge in [0, 0.05) is 12.6 Å². The molecule has 1 atom stereocenters. The highest BCUT2D eigenvalue weighted by atomic mass is 35.5. The maximum Gasteiger partial charge on any atom is 0.262 e. The Morgan fingerprint density at radius 3 is 2.72 bits per heavy atom. The van der Waals surface area contributed by atoms with Gasteiger partial charge in [0.15, 0.2) is 0 Å². The van der Waals surface area contributed by atoms with Crippen LogP contribution in [0.3, 0.4) is 0 Å². The fraction of sp³-hybridized carbons (Fsp3) is 0.294. The predicted molar refractivity (Wildman–Crippen MR) is 99.4 cm³/mol. The SMILES string of the molecule is C=C(/C=C\C(=C)[N+](=O)[O-])OCC(O)CNCCc1ccc(Cl)c(Cl)c1. The number of hydrogen-bond donors (Lipinski definition) is 2. The van der Waals surface area contributed by atoms with Gasteiger partial charge in [-0.1, -0.05) is 35.8 Å². The van der Waals surface area contributed by atoms with Gasteiger partial charge in [-0.25, -0.2) is 0 Å². The molecule has 0 saturated carbocycles. The molecule has 1 aromatic carbocycles. The minimum absolute atomic E-state index is 0.0217. The average Bonchev–Trinajstić information content (AvgIpc) is 2.57. The Balaban J connectivity index is 2.21. The number of allylic oxidation sites excluding steroid dienone is 2. The van der Waals surface area contributed by atoms with E-state index in [1.807, 2.05) is 6.07 Å². The molecule has 1 rings (SSSR count). The number of ether oxygens (including phenoxy) is 1. The van der Waals surface area contributed by atoms with Gasteiger partial charge >= 0.3 is 0 Å². The van der Waals surface area contributed by atoms with Gasteiger partial charge < -0.3 is 15.2 Å². The molecule has 1 unspecified atom stereocenters. The second-order valence-electron chi connectivity index (χ2n) is 5.22. The summed E-state index contributed by atoms with van der Waals surface area (Å²) in [4.78, 5) is 9.77. The van der Waals surface area contributed by atoms with Crippen LogP contribution in [-0.4, -0.2) is 35.8 Å². The summed E-state index contributed by atoms with van der Waals surface area (Å²) in [6, 6.07) is 5.44. The molecule has 0 aliphatic rings. The number of nitrogens with one attached hydrogen (secondary N) is 1. The van der Waals surface area contributed by atoms with Crippen LogP contribution in [-0.2, 0) is 11.2 Å². The van der Waals surface area contributed by atoms with Gasteiger partial charge in [-0.05, 0) is 43.3 Å². The number of nitro groups is 1.